The van der Waals surface area contributed by atoms with Gasteiger partial charge in [0.25, 0.3) is 0 Å². The SMILES string of the molecule is O=C(NCCC(O)C(O)c1nc[nH]c1[N+](=O)[O-])OCC1c2ccccc2-c2ccccc21. The Morgan fingerprint density at radius 1 is 1.16 bits per heavy atom. The topological polar surface area (TPSA) is 151 Å². The van der Waals surface area contributed by atoms with Gasteiger partial charge in [-0.15, -0.1) is 0 Å². The van der Waals surface area contributed by atoms with Crippen molar-refractivity contribution < 1.29 is 24.7 Å². The van der Waals surface area contributed by atoms with Crippen molar-refractivity contribution in [2.24, 2.45) is 0 Å². The zero-order valence-corrected chi connectivity index (χ0v) is 17.0. The molecule has 10 nitrogen and oxygen atoms in total. The number of aromatic nitrogens is 2. The van der Waals surface area contributed by atoms with Crippen LogP contribution in [0.3, 0.4) is 0 Å². The Kier molecular flexibility index (Phi) is 6.15. The van der Waals surface area contributed by atoms with E-state index in [0.29, 0.717) is 0 Å². The zero-order valence-electron chi connectivity index (χ0n) is 17.0. The summed E-state index contributed by atoms with van der Waals surface area (Å²) in [5.74, 6) is -0.554. The van der Waals surface area contributed by atoms with Crippen molar-refractivity contribution in [3.63, 3.8) is 0 Å². The first kappa shape index (κ1) is 21.5. The van der Waals surface area contributed by atoms with E-state index in [4.69, 9.17) is 4.74 Å². The summed E-state index contributed by atoms with van der Waals surface area (Å²) in [4.78, 5) is 28.3. The molecule has 4 rings (SSSR count). The number of rotatable bonds is 8. The molecule has 1 aliphatic carbocycles. The molecule has 2 aromatic carbocycles. The molecule has 2 unspecified atom stereocenters. The normalized spacial score (nSPS) is 14.3. The minimum atomic E-state index is -1.56. The van der Waals surface area contributed by atoms with Crippen molar-refractivity contribution in [2.45, 2.75) is 24.5 Å². The average molecular weight is 438 g/mol. The lowest BCUT2D eigenvalue weighted by Crippen LogP contribution is -2.31. The van der Waals surface area contributed by atoms with Crippen molar-refractivity contribution in [2.75, 3.05) is 13.2 Å². The lowest BCUT2D eigenvalue weighted by Gasteiger charge is -2.17. The number of nitro groups is 1. The Morgan fingerprint density at radius 2 is 1.78 bits per heavy atom. The fourth-order valence-corrected chi connectivity index (χ4v) is 3.97. The smallest absolute Gasteiger partial charge is 0.407 e. The van der Waals surface area contributed by atoms with Crippen LogP contribution in [0.4, 0.5) is 10.6 Å². The fourth-order valence-electron chi connectivity index (χ4n) is 3.97. The molecule has 3 aromatic rings. The number of fused-ring (bicyclic) bond motifs is 3. The molecule has 1 heterocycles. The van der Waals surface area contributed by atoms with Crippen LogP contribution in [0.15, 0.2) is 54.9 Å². The third-order valence-corrected chi connectivity index (χ3v) is 5.53. The van der Waals surface area contributed by atoms with Gasteiger partial charge in [0.05, 0.1) is 6.10 Å². The lowest BCUT2D eigenvalue weighted by molar-refractivity contribution is -0.390. The maximum absolute atomic E-state index is 12.2. The Hall–Kier alpha value is -3.76. The van der Waals surface area contributed by atoms with Crippen LogP contribution in [0.1, 0.15) is 35.3 Å². The Bertz CT molecular complexity index is 1090. The van der Waals surface area contributed by atoms with Gasteiger partial charge in [-0.25, -0.2) is 14.8 Å². The highest BCUT2D eigenvalue weighted by Crippen LogP contribution is 2.44. The number of aliphatic hydroxyl groups is 2. The molecule has 2 atom stereocenters. The number of aromatic amines is 1. The molecule has 10 heteroatoms. The maximum Gasteiger partial charge on any atom is 0.407 e. The molecule has 0 bridgehead atoms. The van der Waals surface area contributed by atoms with Crippen molar-refractivity contribution >= 4 is 11.9 Å². The van der Waals surface area contributed by atoms with Gasteiger partial charge in [0, 0.05) is 12.5 Å². The van der Waals surface area contributed by atoms with Gasteiger partial charge in [-0.3, -0.25) is 0 Å². The molecule has 1 aromatic heterocycles. The van der Waals surface area contributed by atoms with Crippen molar-refractivity contribution in [3.8, 4) is 11.1 Å². The summed E-state index contributed by atoms with van der Waals surface area (Å²) in [6.07, 6.45) is -2.55. The van der Waals surface area contributed by atoms with Crippen molar-refractivity contribution in [3.05, 3.63) is 81.8 Å². The molecule has 4 N–H and O–H groups in total. The van der Waals surface area contributed by atoms with Crippen LogP contribution >= 0.6 is 0 Å². The molecule has 166 valence electrons. The number of aliphatic hydroxyl groups excluding tert-OH is 2. The number of imidazole rings is 1. The number of nitrogens with zero attached hydrogens (tertiary/aromatic N) is 2. The number of alkyl carbamates (subject to hydrolysis) is 1. The number of benzene rings is 2. The Morgan fingerprint density at radius 3 is 2.41 bits per heavy atom. The van der Waals surface area contributed by atoms with Crippen molar-refractivity contribution in [1.29, 1.82) is 0 Å². The van der Waals surface area contributed by atoms with Gasteiger partial charge in [0.1, 0.15) is 12.7 Å². The highest BCUT2D eigenvalue weighted by molar-refractivity contribution is 5.79. The number of hydrogen-bond acceptors (Lipinski definition) is 7. The predicted molar refractivity (Wildman–Crippen MR) is 114 cm³/mol. The van der Waals surface area contributed by atoms with E-state index >= 15 is 0 Å². The van der Waals surface area contributed by atoms with Gasteiger partial charge in [-0.2, -0.15) is 0 Å². The van der Waals surface area contributed by atoms with Crippen LogP contribution < -0.4 is 5.32 Å². The molecule has 0 saturated heterocycles. The zero-order chi connectivity index (χ0) is 22.7. The summed E-state index contributed by atoms with van der Waals surface area (Å²) in [5, 5.41) is 33.7. The summed E-state index contributed by atoms with van der Waals surface area (Å²) < 4.78 is 5.40. The van der Waals surface area contributed by atoms with Gasteiger partial charge in [-0.05, 0) is 33.6 Å². The number of carbonyl (C=O) groups is 1. The van der Waals surface area contributed by atoms with E-state index in [2.05, 4.69) is 15.3 Å². The van der Waals surface area contributed by atoms with Crippen molar-refractivity contribution in [1.82, 2.24) is 15.3 Å². The standard InChI is InChI=1S/C22H22N4O6/c27-18(20(28)19-21(26(30)31)25-12-24-19)9-10-23-22(29)32-11-17-15-7-3-1-5-13(15)14-6-2-4-8-16(14)17/h1-8,12,17-18,20,27-28H,9-11H2,(H,23,29)(H,24,25). The maximum atomic E-state index is 12.2. The van der Waals surface area contributed by atoms with E-state index in [0.717, 1.165) is 28.6 Å². The van der Waals surface area contributed by atoms with Gasteiger partial charge in [0.2, 0.25) is 0 Å². The minimum absolute atomic E-state index is 0.00706. The molecular weight excluding hydrogens is 416 g/mol. The monoisotopic (exact) mass is 438 g/mol. The predicted octanol–water partition coefficient (Wildman–Crippen LogP) is 2.64. The quantitative estimate of drug-likeness (QED) is 0.312. The first-order valence-electron chi connectivity index (χ1n) is 10.1. The second-order valence-corrected chi connectivity index (χ2v) is 7.45. The first-order valence-corrected chi connectivity index (χ1v) is 10.1. The molecule has 0 fully saturated rings. The van der Waals surface area contributed by atoms with Gasteiger partial charge in [0.15, 0.2) is 12.0 Å². The number of hydrogen-bond donors (Lipinski definition) is 4. The van der Waals surface area contributed by atoms with E-state index in [1.807, 2.05) is 48.5 Å². The largest absolute Gasteiger partial charge is 0.449 e. The van der Waals surface area contributed by atoms with Crippen LogP contribution in [-0.4, -0.2) is 50.5 Å². The second-order valence-electron chi connectivity index (χ2n) is 7.45. The highest BCUT2D eigenvalue weighted by Gasteiger charge is 2.30. The number of amides is 1. The molecule has 0 spiro atoms. The lowest BCUT2D eigenvalue weighted by atomic mass is 9.98. The summed E-state index contributed by atoms with van der Waals surface area (Å²) in [6, 6.07) is 16.0. The third-order valence-electron chi connectivity index (χ3n) is 5.53. The first-order chi connectivity index (χ1) is 15.5. The van der Waals surface area contributed by atoms with E-state index < -0.39 is 29.0 Å². The molecule has 0 radical (unpaired) electrons. The summed E-state index contributed by atoms with van der Waals surface area (Å²) in [7, 11) is 0. The van der Waals surface area contributed by atoms with Gasteiger partial charge < -0.3 is 30.4 Å². The van der Waals surface area contributed by atoms with Crippen LogP contribution in [0.25, 0.3) is 11.1 Å². The molecule has 0 saturated carbocycles. The number of nitrogens with one attached hydrogen (secondary N) is 2. The Labute approximate surface area is 183 Å². The summed E-state index contributed by atoms with van der Waals surface area (Å²) in [5.41, 5.74) is 4.19. The highest BCUT2D eigenvalue weighted by atomic mass is 16.6. The van der Waals surface area contributed by atoms with E-state index in [9.17, 15) is 25.1 Å². The van der Waals surface area contributed by atoms with Crippen LogP contribution in [-0.2, 0) is 4.74 Å². The number of ether oxygens (including phenoxy) is 1. The molecule has 1 amide bonds. The number of H-pyrrole nitrogens is 1. The fraction of sp³-hybridized carbons (Fsp3) is 0.273. The molecule has 1 aliphatic rings. The van der Waals surface area contributed by atoms with Gasteiger partial charge >= 0.3 is 11.9 Å². The second kappa shape index (κ2) is 9.16. The van der Waals surface area contributed by atoms with E-state index in [-0.39, 0.29) is 31.2 Å². The molecular formula is C22H22N4O6. The van der Waals surface area contributed by atoms with Crippen LogP contribution in [0, 0.1) is 10.1 Å². The Balaban J connectivity index is 1.29. The summed E-state index contributed by atoms with van der Waals surface area (Å²) >= 11 is 0. The average Bonchev–Trinajstić information content (AvgIpc) is 3.41. The molecule has 0 aliphatic heterocycles. The summed E-state index contributed by atoms with van der Waals surface area (Å²) in [6.45, 7) is 0.164. The number of carbonyl (C=O) groups excluding carboxylic acids is 1. The minimum Gasteiger partial charge on any atom is -0.449 e. The van der Waals surface area contributed by atoms with Crippen LogP contribution in [0.2, 0.25) is 0 Å². The van der Waals surface area contributed by atoms with Crippen LogP contribution in [0.5, 0.6) is 0 Å². The van der Waals surface area contributed by atoms with E-state index in [1.165, 1.54) is 0 Å². The molecule has 32 heavy (non-hydrogen) atoms. The third kappa shape index (κ3) is 4.18. The van der Waals surface area contributed by atoms with E-state index in [1.54, 1.807) is 0 Å². The van der Waals surface area contributed by atoms with Gasteiger partial charge in [-0.1, -0.05) is 48.5 Å².